The number of nitrogens with one attached hydrogen (secondary N) is 1. The third kappa shape index (κ3) is 3.44. The standard InChI is InChI=1S/C21H20N4O4/c1-13(2)25-20(27)17-9-4-3-8-16(17)18(23-25)19(26)22-14-6-5-7-15(12-14)24-10-11-29-21(24)28/h3-9,12-13H,10-11H2,1-2H3,(H,22,26). The Bertz CT molecular complexity index is 1170. The van der Waals surface area contributed by atoms with Crippen molar-refractivity contribution in [3.8, 4) is 0 Å². The summed E-state index contributed by atoms with van der Waals surface area (Å²) in [5, 5.41) is 8.07. The Morgan fingerprint density at radius 1 is 1.10 bits per heavy atom. The van der Waals surface area contributed by atoms with E-state index in [1.165, 1.54) is 9.58 Å². The van der Waals surface area contributed by atoms with Gasteiger partial charge in [0.2, 0.25) is 0 Å². The number of aromatic nitrogens is 2. The zero-order valence-electron chi connectivity index (χ0n) is 16.1. The van der Waals surface area contributed by atoms with Crippen LogP contribution in [0.2, 0.25) is 0 Å². The number of rotatable bonds is 4. The van der Waals surface area contributed by atoms with Gasteiger partial charge in [-0.05, 0) is 38.1 Å². The minimum Gasteiger partial charge on any atom is -0.447 e. The van der Waals surface area contributed by atoms with Crippen LogP contribution in [0.4, 0.5) is 16.2 Å². The van der Waals surface area contributed by atoms with Crippen LogP contribution in [-0.4, -0.2) is 34.9 Å². The Balaban J connectivity index is 1.71. The van der Waals surface area contributed by atoms with Crippen LogP contribution in [0.1, 0.15) is 30.4 Å². The first kappa shape index (κ1) is 18.7. The third-order valence-electron chi connectivity index (χ3n) is 4.71. The molecule has 29 heavy (non-hydrogen) atoms. The van der Waals surface area contributed by atoms with Gasteiger partial charge in [0.25, 0.3) is 11.5 Å². The van der Waals surface area contributed by atoms with Crippen molar-refractivity contribution < 1.29 is 14.3 Å². The molecule has 0 radical (unpaired) electrons. The molecule has 0 unspecified atom stereocenters. The molecule has 8 nitrogen and oxygen atoms in total. The van der Waals surface area contributed by atoms with Crippen LogP contribution in [0, 0.1) is 0 Å². The monoisotopic (exact) mass is 392 g/mol. The van der Waals surface area contributed by atoms with Gasteiger partial charge in [0, 0.05) is 16.8 Å². The fourth-order valence-corrected chi connectivity index (χ4v) is 3.29. The van der Waals surface area contributed by atoms with Crippen molar-refractivity contribution >= 4 is 34.1 Å². The van der Waals surface area contributed by atoms with Crippen LogP contribution < -0.4 is 15.8 Å². The molecule has 1 N–H and O–H groups in total. The summed E-state index contributed by atoms with van der Waals surface area (Å²) in [4.78, 5) is 38.9. The fourth-order valence-electron chi connectivity index (χ4n) is 3.29. The van der Waals surface area contributed by atoms with Crippen molar-refractivity contribution in [2.24, 2.45) is 0 Å². The van der Waals surface area contributed by atoms with E-state index in [2.05, 4.69) is 10.4 Å². The number of benzene rings is 2. The van der Waals surface area contributed by atoms with Crippen molar-refractivity contribution in [1.82, 2.24) is 9.78 Å². The molecule has 4 rings (SSSR count). The summed E-state index contributed by atoms with van der Waals surface area (Å²) in [5.74, 6) is -0.434. The highest BCUT2D eigenvalue weighted by Crippen LogP contribution is 2.23. The summed E-state index contributed by atoms with van der Waals surface area (Å²) in [6.45, 7) is 4.47. The molecule has 3 aromatic rings. The van der Waals surface area contributed by atoms with Gasteiger partial charge in [0.05, 0.1) is 18.0 Å². The van der Waals surface area contributed by atoms with Crippen molar-refractivity contribution in [3.05, 3.63) is 64.6 Å². The molecule has 1 aromatic heterocycles. The van der Waals surface area contributed by atoms with Gasteiger partial charge < -0.3 is 10.1 Å². The van der Waals surface area contributed by atoms with Gasteiger partial charge in [-0.1, -0.05) is 24.3 Å². The SMILES string of the molecule is CC(C)n1nc(C(=O)Nc2cccc(N3CCOC3=O)c2)c2ccccc2c1=O. The number of nitrogens with zero attached hydrogens (tertiary/aromatic N) is 3. The van der Waals surface area contributed by atoms with Crippen LogP contribution >= 0.6 is 0 Å². The molecule has 1 aliphatic rings. The second-order valence-electron chi connectivity index (χ2n) is 7.01. The van der Waals surface area contributed by atoms with E-state index in [-0.39, 0.29) is 17.3 Å². The average Bonchev–Trinajstić information content (AvgIpc) is 3.14. The number of cyclic esters (lactones) is 1. The Labute approximate surface area is 166 Å². The largest absolute Gasteiger partial charge is 0.447 e. The predicted molar refractivity (Wildman–Crippen MR) is 109 cm³/mol. The van der Waals surface area contributed by atoms with Crippen LogP contribution in [0.15, 0.2) is 53.3 Å². The third-order valence-corrected chi connectivity index (χ3v) is 4.71. The first-order chi connectivity index (χ1) is 14.0. The van der Waals surface area contributed by atoms with Crippen LogP contribution in [0.5, 0.6) is 0 Å². The Kier molecular flexibility index (Phi) is 4.75. The zero-order valence-corrected chi connectivity index (χ0v) is 16.1. The minimum atomic E-state index is -0.434. The smallest absolute Gasteiger partial charge is 0.414 e. The van der Waals surface area contributed by atoms with Crippen LogP contribution in [0.3, 0.4) is 0 Å². The summed E-state index contributed by atoms with van der Waals surface area (Å²) in [6.07, 6.45) is -0.412. The Morgan fingerprint density at radius 2 is 1.86 bits per heavy atom. The summed E-state index contributed by atoms with van der Waals surface area (Å²) in [5.41, 5.74) is 1.08. The lowest BCUT2D eigenvalue weighted by molar-refractivity contribution is 0.102. The number of carbonyl (C=O) groups excluding carboxylic acids is 2. The maximum atomic E-state index is 13.0. The lowest BCUT2D eigenvalue weighted by atomic mass is 10.1. The molecular weight excluding hydrogens is 372 g/mol. The first-order valence-corrected chi connectivity index (χ1v) is 9.33. The molecule has 2 amide bonds. The fraction of sp³-hybridized carbons (Fsp3) is 0.238. The molecule has 0 saturated carbocycles. The molecule has 0 spiro atoms. The van der Waals surface area contributed by atoms with Gasteiger partial charge >= 0.3 is 6.09 Å². The highest BCUT2D eigenvalue weighted by molar-refractivity contribution is 6.11. The first-order valence-electron chi connectivity index (χ1n) is 9.33. The molecule has 0 bridgehead atoms. The molecule has 1 saturated heterocycles. The molecule has 1 fully saturated rings. The lowest BCUT2D eigenvalue weighted by Crippen LogP contribution is -2.29. The van der Waals surface area contributed by atoms with E-state index < -0.39 is 12.0 Å². The number of anilines is 2. The van der Waals surface area contributed by atoms with E-state index in [0.717, 1.165) is 0 Å². The van der Waals surface area contributed by atoms with Crippen molar-refractivity contribution in [2.45, 2.75) is 19.9 Å². The number of fused-ring (bicyclic) bond motifs is 1. The molecule has 2 aromatic carbocycles. The van der Waals surface area contributed by atoms with Crippen molar-refractivity contribution in [3.63, 3.8) is 0 Å². The summed E-state index contributed by atoms with van der Waals surface area (Å²) in [7, 11) is 0. The summed E-state index contributed by atoms with van der Waals surface area (Å²) in [6, 6.07) is 13.7. The van der Waals surface area contributed by atoms with E-state index in [1.54, 1.807) is 48.5 Å². The number of amides is 2. The molecule has 1 aliphatic heterocycles. The van der Waals surface area contributed by atoms with Gasteiger partial charge in [-0.25, -0.2) is 9.48 Å². The Morgan fingerprint density at radius 3 is 2.55 bits per heavy atom. The van der Waals surface area contributed by atoms with Gasteiger partial charge in [0.15, 0.2) is 5.69 Å². The van der Waals surface area contributed by atoms with E-state index in [9.17, 15) is 14.4 Å². The Hall–Kier alpha value is -3.68. The maximum Gasteiger partial charge on any atom is 0.414 e. The number of hydrogen-bond donors (Lipinski definition) is 1. The van der Waals surface area contributed by atoms with Gasteiger partial charge in [-0.3, -0.25) is 14.5 Å². The van der Waals surface area contributed by atoms with Gasteiger partial charge in [-0.15, -0.1) is 0 Å². The van der Waals surface area contributed by atoms with Crippen molar-refractivity contribution in [1.29, 1.82) is 0 Å². The number of hydrogen-bond acceptors (Lipinski definition) is 5. The number of ether oxygens (including phenoxy) is 1. The highest BCUT2D eigenvalue weighted by Gasteiger charge is 2.24. The highest BCUT2D eigenvalue weighted by atomic mass is 16.6. The number of carbonyl (C=O) groups is 2. The second kappa shape index (κ2) is 7.38. The molecule has 8 heteroatoms. The van der Waals surface area contributed by atoms with Crippen LogP contribution in [-0.2, 0) is 4.74 Å². The topological polar surface area (TPSA) is 93.5 Å². The molecule has 0 aliphatic carbocycles. The maximum absolute atomic E-state index is 13.0. The second-order valence-corrected chi connectivity index (χ2v) is 7.01. The van der Waals surface area contributed by atoms with E-state index in [1.807, 2.05) is 13.8 Å². The van der Waals surface area contributed by atoms with Crippen molar-refractivity contribution in [2.75, 3.05) is 23.4 Å². The average molecular weight is 392 g/mol. The van der Waals surface area contributed by atoms with E-state index >= 15 is 0 Å². The quantitative estimate of drug-likeness (QED) is 0.736. The summed E-state index contributed by atoms with van der Waals surface area (Å²) < 4.78 is 6.28. The summed E-state index contributed by atoms with van der Waals surface area (Å²) >= 11 is 0. The predicted octanol–water partition coefficient (Wildman–Crippen LogP) is 3.19. The normalized spacial score (nSPS) is 13.8. The zero-order chi connectivity index (χ0) is 20.5. The molecule has 148 valence electrons. The minimum absolute atomic E-state index is 0.167. The molecule has 0 atom stereocenters. The molecule has 2 heterocycles. The molecular formula is C21H20N4O4. The van der Waals surface area contributed by atoms with Gasteiger partial charge in [-0.2, -0.15) is 5.10 Å². The lowest BCUT2D eigenvalue weighted by Gasteiger charge is -2.15. The van der Waals surface area contributed by atoms with E-state index in [0.29, 0.717) is 35.3 Å². The van der Waals surface area contributed by atoms with Crippen LogP contribution in [0.25, 0.3) is 10.8 Å². The van der Waals surface area contributed by atoms with Gasteiger partial charge in [0.1, 0.15) is 6.61 Å². The van der Waals surface area contributed by atoms with E-state index in [4.69, 9.17) is 4.74 Å².